The van der Waals surface area contributed by atoms with E-state index in [-0.39, 0.29) is 5.92 Å². The van der Waals surface area contributed by atoms with Crippen molar-refractivity contribution in [3.63, 3.8) is 0 Å². The molecule has 0 saturated carbocycles. The summed E-state index contributed by atoms with van der Waals surface area (Å²) in [5.41, 5.74) is -0.644. The Kier molecular flexibility index (Phi) is 5.32. The Morgan fingerprint density at radius 2 is 2.25 bits per heavy atom. The zero-order chi connectivity index (χ0) is 14.9. The maximum absolute atomic E-state index is 11.4. The molecule has 2 rings (SSSR count). The third-order valence-corrected chi connectivity index (χ3v) is 7.39. The van der Waals surface area contributed by atoms with Crippen LogP contribution in [0.25, 0.3) is 0 Å². The highest BCUT2D eigenvalue weighted by Crippen LogP contribution is 2.36. The lowest BCUT2D eigenvalue weighted by molar-refractivity contribution is -0.151. The molecule has 0 bridgehead atoms. The van der Waals surface area contributed by atoms with Gasteiger partial charge in [-0.2, -0.15) is 0 Å². The van der Waals surface area contributed by atoms with Crippen molar-refractivity contribution in [2.75, 3.05) is 13.1 Å². The molecule has 20 heavy (non-hydrogen) atoms. The molecule has 1 aromatic rings. The van der Waals surface area contributed by atoms with E-state index in [1.807, 2.05) is 13.8 Å². The topological polar surface area (TPSA) is 40.5 Å². The molecule has 0 spiro atoms. The molecular weight excluding hydrogens is 406 g/mol. The van der Waals surface area contributed by atoms with E-state index in [1.54, 1.807) is 11.3 Å². The van der Waals surface area contributed by atoms with Gasteiger partial charge in [-0.15, -0.1) is 11.3 Å². The summed E-state index contributed by atoms with van der Waals surface area (Å²) < 4.78 is 2.21. The number of carbonyl (C=O) groups is 1. The zero-order valence-corrected chi connectivity index (χ0v) is 15.6. The number of nitrogens with zero attached hydrogens (tertiary/aromatic N) is 1. The Balaban J connectivity index is 2.02. The Morgan fingerprint density at radius 3 is 2.80 bits per heavy atom. The lowest BCUT2D eigenvalue weighted by Crippen LogP contribution is -2.44. The van der Waals surface area contributed by atoms with Gasteiger partial charge in [0.05, 0.1) is 9.20 Å². The highest BCUT2D eigenvalue weighted by atomic mass is 79.9. The zero-order valence-electron chi connectivity index (χ0n) is 11.7. The van der Waals surface area contributed by atoms with E-state index in [4.69, 9.17) is 0 Å². The number of halogens is 2. The minimum Gasteiger partial charge on any atom is -0.481 e. The lowest BCUT2D eigenvalue weighted by atomic mass is 9.74. The van der Waals surface area contributed by atoms with Crippen molar-refractivity contribution in [1.82, 2.24) is 4.90 Å². The van der Waals surface area contributed by atoms with E-state index in [9.17, 15) is 9.90 Å². The molecule has 1 saturated heterocycles. The highest BCUT2D eigenvalue weighted by molar-refractivity contribution is 9.13. The molecule has 0 aromatic carbocycles. The van der Waals surface area contributed by atoms with E-state index in [2.05, 4.69) is 42.8 Å². The maximum atomic E-state index is 11.4. The lowest BCUT2D eigenvalue weighted by Gasteiger charge is -2.39. The number of carboxylic acids is 1. The summed E-state index contributed by atoms with van der Waals surface area (Å²) in [5.74, 6) is -0.466. The Morgan fingerprint density at radius 1 is 1.55 bits per heavy atom. The first-order valence-corrected chi connectivity index (χ1v) is 9.10. The molecule has 1 fully saturated rings. The molecule has 0 radical (unpaired) electrons. The third kappa shape index (κ3) is 3.64. The number of piperidine rings is 1. The molecule has 1 N–H and O–H groups in total. The first-order chi connectivity index (χ1) is 9.30. The smallest absolute Gasteiger partial charge is 0.309 e. The number of hydrogen-bond acceptors (Lipinski definition) is 3. The minimum atomic E-state index is -0.689. The Bertz CT molecular complexity index is 482. The molecule has 1 aromatic heterocycles. The van der Waals surface area contributed by atoms with Gasteiger partial charge in [-0.05, 0) is 77.1 Å². The van der Waals surface area contributed by atoms with Crippen molar-refractivity contribution in [2.24, 2.45) is 11.3 Å². The molecule has 112 valence electrons. The summed E-state index contributed by atoms with van der Waals surface area (Å²) in [7, 11) is 0. The van der Waals surface area contributed by atoms with Crippen molar-refractivity contribution in [1.29, 1.82) is 0 Å². The van der Waals surface area contributed by atoms with Crippen LogP contribution in [0.15, 0.2) is 14.3 Å². The third-order valence-electron chi connectivity index (χ3n) is 4.15. The van der Waals surface area contributed by atoms with Crippen LogP contribution in [0.5, 0.6) is 0 Å². The Labute approximate surface area is 140 Å². The van der Waals surface area contributed by atoms with Crippen molar-refractivity contribution in [3.05, 3.63) is 19.2 Å². The monoisotopic (exact) mass is 423 g/mol. The predicted octanol–water partition coefficient (Wildman–Crippen LogP) is 4.60. The number of rotatable bonds is 4. The van der Waals surface area contributed by atoms with Crippen LogP contribution >= 0.6 is 43.2 Å². The SMILES string of the molecule is CC(C)(C(=O)O)C1CCCN(Cc2cc(Br)c(Br)s2)C1. The van der Waals surface area contributed by atoms with Crippen molar-refractivity contribution >= 4 is 49.2 Å². The van der Waals surface area contributed by atoms with E-state index in [1.165, 1.54) is 4.88 Å². The summed E-state index contributed by atoms with van der Waals surface area (Å²) in [5, 5.41) is 9.38. The van der Waals surface area contributed by atoms with Crippen LogP contribution in [0, 0.1) is 11.3 Å². The molecule has 0 amide bonds. The fraction of sp³-hybridized carbons (Fsp3) is 0.643. The predicted molar refractivity (Wildman–Crippen MR) is 89.1 cm³/mol. The van der Waals surface area contributed by atoms with E-state index in [0.29, 0.717) is 0 Å². The van der Waals surface area contributed by atoms with Gasteiger partial charge >= 0.3 is 5.97 Å². The second-order valence-electron chi connectivity index (χ2n) is 5.94. The minimum absolute atomic E-state index is 0.223. The Hall–Kier alpha value is 0.0900. The van der Waals surface area contributed by atoms with Gasteiger partial charge in [0.15, 0.2) is 0 Å². The average molecular weight is 425 g/mol. The maximum Gasteiger partial charge on any atom is 0.309 e. The van der Waals surface area contributed by atoms with Gasteiger partial charge in [0.1, 0.15) is 0 Å². The second kappa shape index (κ2) is 6.46. The summed E-state index contributed by atoms with van der Waals surface area (Å²) in [6.45, 7) is 6.52. The van der Waals surface area contributed by atoms with Crippen LogP contribution in [0.3, 0.4) is 0 Å². The summed E-state index contributed by atoms with van der Waals surface area (Å²) in [6.07, 6.45) is 2.09. The number of thiophene rings is 1. The molecule has 2 heterocycles. The molecule has 1 aliphatic heterocycles. The molecule has 0 aliphatic carbocycles. The van der Waals surface area contributed by atoms with Crippen molar-refractivity contribution in [3.8, 4) is 0 Å². The van der Waals surface area contributed by atoms with Gasteiger partial charge in [-0.25, -0.2) is 0 Å². The first kappa shape index (κ1) is 16.5. The summed E-state index contributed by atoms with van der Waals surface area (Å²) in [6, 6.07) is 2.14. The van der Waals surface area contributed by atoms with Crippen LogP contribution in [-0.4, -0.2) is 29.1 Å². The first-order valence-electron chi connectivity index (χ1n) is 6.70. The quantitative estimate of drug-likeness (QED) is 0.767. The molecular formula is C14H19Br2NO2S. The van der Waals surface area contributed by atoms with Gasteiger partial charge in [0.25, 0.3) is 0 Å². The standard InChI is InChI=1S/C14H19Br2NO2S/c1-14(2,13(18)19)9-4-3-5-17(7-9)8-10-6-11(15)12(16)20-10/h6,9H,3-5,7-8H2,1-2H3,(H,18,19). The summed E-state index contributed by atoms with van der Waals surface area (Å²) >= 11 is 8.76. The number of hydrogen-bond donors (Lipinski definition) is 1. The molecule has 3 nitrogen and oxygen atoms in total. The molecule has 1 aliphatic rings. The van der Waals surface area contributed by atoms with E-state index < -0.39 is 11.4 Å². The van der Waals surface area contributed by atoms with Crippen molar-refractivity contribution in [2.45, 2.75) is 33.2 Å². The average Bonchev–Trinajstić information content (AvgIpc) is 2.68. The van der Waals surface area contributed by atoms with Gasteiger partial charge in [0, 0.05) is 22.4 Å². The number of carboxylic acid groups (broad SMARTS) is 1. The molecule has 6 heteroatoms. The molecule has 1 atom stereocenters. The van der Waals surface area contributed by atoms with Gasteiger partial charge in [0.2, 0.25) is 0 Å². The van der Waals surface area contributed by atoms with Crippen LogP contribution in [-0.2, 0) is 11.3 Å². The van der Waals surface area contributed by atoms with Gasteiger partial charge in [-0.1, -0.05) is 0 Å². The highest BCUT2D eigenvalue weighted by Gasteiger charge is 2.39. The summed E-state index contributed by atoms with van der Waals surface area (Å²) in [4.78, 5) is 15.1. The van der Waals surface area contributed by atoms with Crippen LogP contribution < -0.4 is 0 Å². The van der Waals surface area contributed by atoms with Crippen molar-refractivity contribution < 1.29 is 9.90 Å². The van der Waals surface area contributed by atoms with Gasteiger partial charge < -0.3 is 5.11 Å². The van der Waals surface area contributed by atoms with Gasteiger partial charge in [-0.3, -0.25) is 9.69 Å². The van der Waals surface area contributed by atoms with E-state index in [0.717, 1.165) is 40.7 Å². The van der Waals surface area contributed by atoms with Crippen LogP contribution in [0.1, 0.15) is 31.6 Å². The fourth-order valence-electron chi connectivity index (χ4n) is 2.65. The van der Waals surface area contributed by atoms with Crippen LogP contribution in [0.2, 0.25) is 0 Å². The molecule has 1 unspecified atom stereocenters. The van der Waals surface area contributed by atoms with Crippen LogP contribution in [0.4, 0.5) is 0 Å². The second-order valence-corrected chi connectivity index (χ2v) is 9.24. The number of aliphatic carboxylic acids is 1. The fourth-order valence-corrected chi connectivity index (χ4v) is 4.87. The number of likely N-dealkylation sites (tertiary alicyclic amines) is 1. The largest absolute Gasteiger partial charge is 0.481 e. The van der Waals surface area contributed by atoms with E-state index >= 15 is 0 Å². The normalized spacial score (nSPS) is 21.1.